The Hall–Kier alpha value is -2.63. The van der Waals surface area contributed by atoms with E-state index >= 15 is 0 Å². The molecular formula is C15H18N4O2. The molecule has 0 spiro atoms. The number of amides is 1. The average molecular weight is 286 g/mol. The average Bonchev–Trinajstić information content (AvgIpc) is 2.53. The van der Waals surface area contributed by atoms with Gasteiger partial charge in [-0.1, -0.05) is 30.3 Å². The summed E-state index contributed by atoms with van der Waals surface area (Å²) in [7, 11) is 0. The third-order valence-corrected chi connectivity index (χ3v) is 3.00. The molecule has 6 nitrogen and oxygen atoms in total. The van der Waals surface area contributed by atoms with E-state index in [-0.39, 0.29) is 23.8 Å². The van der Waals surface area contributed by atoms with Crippen LogP contribution in [0, 0.1) is 0 Å². The zero-order valence-electron chi connectivity index (χ0n) is 11.9. The lowest BCUT2D eigenvalue weighted by Crippen LogP contribution is -2.32. The van der Waals surface area contributed by atoms with Crippen molar-refractivity contribution in [1.29, 1.82) is 0 Å². The first-order chi connectivity index (χ1) is 10.2. The quantitative estimate of drug-likeness (QED) is 0.830. The fourth-order valence-electron chi connectivity index (χ4n) is 1.84. The lowest BCUT2D eigenvalue weighted by molar-refractivity contribution is -0.119. The van der Waals surface area contributed by atoms with Crippen LogP contribution < -0.4 is 16.2 Å². The SMILES string of the molecule is CCn1ccnc(NCC(=O)NCc2ccccc2)c1=O. The maximum Gasteiger partial charge on any atom is 0.293 e. The second-order valence-electron chi connectivity index (χ2n) is 4.48. The van der Waals surface area contributed by atoms with Crippen LogP contribution in [-0.4, -0.2) is 22.0 Å². The van der Waals surface area contributed by atoms with E-state index in [1.54, 1.807) is 6.20 Å². The summed E-state index contributed by atoms with van der Waals surface area (Å²) >= 11 is 0. The molecule has 0 unspecified atom stereocenters. The molecular weight excluding hydrogens is 268 g/mol. The van der Waals surface area contributed by atoms with Crippen LogP contribution >= 0.6 is 0 Å². The molecule has 0 aliphatic heterocycles. The van der Waals surface area contributed by atoms with Gasteiger partial charge in [0.15, 0.2) is 5.82 Å². The molecule has 0 bridgehead atoms. The highest BCUT2D eigenvalue weighted by atomic mass is 16.2. The molecule has 21 heavy (non-hydrogen) atoms. The van der Waals surface area contributed by atoms with Gasteiger partial charge in [0, 0.05) is 25.5 Å². The normalized spacial score (nSPS) is 10.1. The van der Waals surface area contributed by atoms with E-state index in [1.165, 1.54) is 10.8 Å². The molecule has 0 fully saturated rings. The second kappa shape index (κ2) is 7.23. The molecule has 6 heteroatoms. The number of benzene rings is 1. The highest BCUT2D eigenvalue weighted by Crippen LogP contribution is 1.97. The number of aromatic nitrogens is 2. The number of rotatable bonds is 6. The van der Waals surface area contributed by atoms with Gasteiger partial charge in [0.25, 0.3) is 5.56 Å². The van der Waals surface area contributed by atoms with E-state index in [1.807, 2.05) is 37.3 Å². The lowest BCUT2D eigenvalue weighted by Gasteiger charge is -2.08. The minimum Gasteiger partial charge on any atom is -0.356 e. The second-order valence-corrected chi connectivity index (χ2v) is 4.48. The monoisotopic (exact) mass is 286 g/mol. The Morgan fingerprint density at radius 1 is 1.29 bits per heavy atom. The molecule has 2 aromatic rings. The third-order valence-electron chi connectivity index (χ3n) is 3.00. The Kier molecular flexibility index (Phi) is 5.09. The van der Waals surface area contributed by atoms with Gasteiger partial charge in [0.05, 0.1) is 6.54 Å². The van der Waals surface area contributed by atoms with Gasteiger partial charge in [-0.15, -0.1) is 0 Å². The Morgan fingerprint density at radius 3 is 2.76 bits per heavy atom. The topological polar surface area (TPSA) is 76.0 Å². The molecule has 2 rings (SSSR count). The van der Waals surface area contributed by atoms with E-state index in [0.717, 1.165) is 5.56 Å². The summed E-state index contributed by atoms with van der Waals surface area (Å²) < 4.78 is 1.53. The maximum absolute atomic E-state index is 11.9. The minimum atomic E-state index is -0.226. The Bertz CT molecular complexity index is 652. The number of hydrogen-bond donors (Lipinski definition) is 2. The van der Waals surface area contributed by atoms with Crippen LogP contribution in [0.5, 0.6) is 0 Å². The standard InChI is InChI=1S/C15H18N4O2/c1-2-19-9-8-16-14(15(19)21)18-11-13(20)17-10-12-6-4-3-5-7-12/h3-9H,2,10-11H2,1H3,(H,16,18)(H,17,20). The van der Waals surface area contributed by atoms with E-state index < -0.39 is 0 Å². The van der Waals surface area contributed by atoms with Gasteiger partial charge in [-0.3, -0.25) is 9.59 Å². The zero-order chi connectivity index (χ0) is 15.1. The van der Waals surface area contributed by atoms with Crippen LogP contribution in [0.25, 0.3) is 0 Å². The van der Waals surface area contributed by atoms with Crippen molar-refractivity contribution < 1.29 is 4.79 Å². The highest BCUT2D eigenvalue weighted by molar-refractivity contribution is 5.80. The first-order valence-electron chi connectivity index (χ1n) is 6.80. The fourth-order valence-corrected chi connectivity index (χ4v) is 1.84. The summed E-state index contributed by atoms with van der Waals surface area (Å²) in [5.74, 6) is 0.00108. The van der Waals surface area contributed by atoms with Gasteiger partial charge in [-0.25, -0.2) is 4.98 Å². The predicted molar refractivity (Wildman–Crippen MR) is 80.9 cm³/mol. The minimum absolute atomic E-state index is 0.0167. The van der Waals surface area contributed by atoms with Gasteiger partial charge in [-0.05, 0) is 12.5 Å². The van der Waals surface area contributed by atoms with Gasteiger partial charge >= 0.3 is 0 Å². The van der Waals surface area contributed by atoms with Crippen molar-refractivity contribution in [3.63, 3.8) is 0 Å². The Labute approximate surface area is 122 Å². The van der Waals surface area contributed by atoms with E-state index in [9.17, 15) is 9.59 Å². The Balaban J connectivity index is 1.86. The molecule has 0 atom stereocenters. The van der Waals surface area contributed by atoms with Crippen LogP contribution in [0.1, 0.15) is 12.5 Å². The molecule has 2 N–H and O–H groups in total. The summed E-state index contributed by atoms with van der Waals surface area (Å²) in [4.78, 5) is 27.6. The zero-order valence-corrected chi connectivity index (χ0v) is 11.9. The smallest absolute Gasteiger partial charge is 0.293 e. The maximum atomic E-state index is 11.9. The molecule has 1 amide bonds. The van der Waals surface area contributed by atoms with E-state index in [4.69, 9.17) is 0 Å². The first kappa shape index (κ1) is 14.8. The van der Waals surface area contributed by atoms with Crippen molar-refractivity contribution in [3.05, 3.63) is 58.6 Å². The summed E-state index contributed by atoms with van der Waals surface area (Å²) in [6.07, 6.45) is 3.15. The van der Waals surface area contributed by atoms with Crippen molar-refractivity contribution in [3.8, 4) is 0 Å². The number of hydrogen-bond acceptors (Lipinski definition) is 4. The van der Waals surface area contributed by atoms with Crippen molar-refractivity contribution in [2.75, 3.05) is 11.9 Å². The van der Waals surface area contributed by atoms with Gasteiger partial charge in [0.2, 0.25) is 5.91 Å². The lowest BCUT2D eigenvalue weighted by atomic mass is 10.2. The molecule has 1 heterocycles. The van der Waals surface area contributed by atoms with E-state index in [2.05, 4.69) is 15.6 Å². The van der Waals surface area contributed by atoms with Crippen LogP contribution in [0.3, 0.4) is 0 Å². The molecule has 0 aliphatic carbocycles. The summed E-state index contributed by atoms with van der Waals surface area (Å²) in [5.41, 5.74) is 0.799. The van der Waals surface area contributed by atoms with Crippen LogP contribution in [-0.2, 0) is 17.9 Å². The molecule has 0 radical (unpaired) electrons. The summed E-state index contributed by atoms with van der Waals surface area (Å²) in [5, 5.41) is 5.55. The van der Waals surface area contributed by atoms with Crippen LogP contribution in [0.15, 0.2) is 47.5 Å². The predicted octanol–water partition coefficient (Wildman–Crippen LogP) is 0.991. The number of carbonyl (C=O) groups excluding carboxylic acids is 1. The van der Waals surface area contributed by atoms with Gasteiger partial charge in [0.1, 0.15) is 0 Å². The number of anilines is 1. The number of aryl methyl sites for hydroxylation is 1. The van der Waals surface area contributed by atoms with Crippen LogP contribution in [0.2, 0.25) is 0 Å². The van der Waals surface area contributed by atoms with Gasteiger partial charge in [-0.2, -0.15) is 0 Å². The largest absolute Gasteiger partial charge is 0.356 e. The third kappa shape index (κ3) is 4.17. The number of carbonyl (C=O) groups is 1. The first-order valence-corrected chi connectivity index (χ1v) is 6.80. The van der Waals surface area contributed by atoms with E-state index in [0.29, 0.717) is 13.1 Å². The molecule has 0 saturated carbocycles. The molecule has 110 valence electrons. The van der Waals surface area contributed by atoms with Crippen LogP contribution in [0.4, 0.5) is 5.82 Å². The van der Waals surface area contributed by atoms with Crippen molar-refractivity contribution >= 4 is 11.7 Å². The number of nitrogens with zero attached hydrogens (tertiary/aromatic N) is 2. The highest BCUT2D eigenvalue weighted by Gasteiger charge is 2.06. The fraction of sp³-hybridized carbons (Fsp3) is 0.267. The molecule has 1 aromatic carbocycles. The molecule has 0 aliphatic rings. The Morgan fingerprint density at radius 2 is 2.05 bits per heavy atom. The summed E-state index contributed by atoms with van der Waals surface area (Å²) in [6.45, 7) is 2.92. The number of nitrogens with one attached hydrogen (secondary N) is 2. The molecule has 0 saturated heterocycles. The summed E-state index contributed by atoms with van der Waals surface area (Å²) in [6, 6.07) is 9.63. The van der Waals surface area contributed by atoms with Crippen molar-refractivity contribution in [1.82, 2.24) is 14.9 Å². The van der Waals surface area contributed by atoms with Crippen molar-refractivity contribution in [2.45, 2.75) is 20.0 Å². The van der Waals surface area contributed by atoms with Crippen molar-refractivity contribution in [2.24, 2.45) is 0 Å². The van der Waals surface area contributed by atoms with Gasteiger partial charge < -0.3 is 15.2 Å². The molecule has 1 aromatic heterocycles.